The van der Waals surface area contributed by atoms with Gasteiger partial charge in [-0.15, -0.1) is 0 Å². The Hall–Kier alpha value is -0.940. The lowest BCUT2D eigenvalue weighted by atomic mass is 10.1. The van der Waals surface area contributed by atoms with Gasteiger partial charge in [-0.05, 0) is 30.2 Å². The standard InChI is InChI=1S/C10H10BrFO3/c11-8-2-1-6(12)5-7(8)9(13)3-4-10(14)15/h1-2,5,9,13H,3-4H2,(H,14,15). The van der Waals surface area contributed by atoms with Crippen molar-refractivity contribution in [2.45, 2.75) is 18.9 Å². The number of benzene rings is 1. The summed E-state index contributed by atoms with van der Waals surface area (Å²) in [5, 5.41) is 18.1. The van der Waals surface area contributed by atoms with Crippen molar-refractivity contribution in [2.75, 3.05) is 0 Å². The smallest absolute Gasteiger partial charge is 0.303 e. The number of aliphatic hydroxyl groups excluding tert-OH is 1. The van der Waals surface area contributed by atoms with Gasteiger partial charge >= 0.3 is 5.97 Å². The Balaban J connectivity index is 2.76. The zero-order valence-electron chi connectivity index (χ0n) is 7.78. The van der Waals surface area contributed by atoms with E-state index in [1.54, 1.807) is 0 Å². The average Bonchev–Trinajstić information content (AvgIpc) is 2.18. The van der Waals surface area contributed by atoms with Crippen molar-refractivity contribution in [1.82, 2.24) is 0 Å². The molecule has 0 heterocycles. The van der Waals surface area contributed by atoms with Crippen LogP contribution in [0.3, 0.4) is 0 Å². The third-order valence-corrected chi connectivity index (χ3v) is 2.67. The number of carbonyl (C=O) groups is 1. The Morgan fingerprint density at radius 3 is 2.80 bits per heavy atom. The summed E-state index contributed by atoms with van der Waals surface area (Å²) in [5.74, 6) is -1.44. The lowest BCUT2D eigenvalue weighted by molar-refractivity contribution is -0.137. The minimum atomic E-state index is -0.985. The molecular weight excluding hydrogens is 267 g/mol. The maximum Gasteiger partial charge on any atom is 0.303 e. The molecule has 0 spiro atoms. The van der Waals surface area contributed by atoms with Gasteiger partial charge in [0.2, 0.25) is 0 Å². The summed E-state index contributed by atoms with van der Waals surface area (Å²) in [6.07, 6.45) is -1.05. The maximum atomic E-state index is 12.9. The number of aliphatic hydroxyl groups is 1. The van der Waals surface area contributed by atoms with Gasteiger partial charge in [0.25, 0.3) is 0 Å². The highest BCUT2D eigenvalue weighted by Gasteiger charge is 2.13. The van der Waals surface area contributed by atoms with E-state index in [0.29, 0.717) is 10.0 Å². The van der Waals surface area contributed by atoms with Crippen molar-refractivity contribution in [3.05, 3.63) is 34.1 Å². The molecule has 0 aliphatic heterocycles. The molecular formula is C10H10BrFO3. The molecule has 1 unspecified atom stereocenters. The van der Waals surface area contributed by atoms with Gasteiger partial charge in [-0.1, -0.05) is 15.9 Å². The van der Waals surface area contributed by atoms with Gasteiger partial charge in [-0.2, -0.15) is 0 Å². The summed E-state index contributed by atoms with van der Waals surface area (Å²) in [6, 6.07) is 3.93. The number of hydrogen-bond donors (Lipinski definition) is 2. The highest BCUT2D eigenvalue weighted by atomic mass is 79.9. The molecule has 0 amide bonds. The van der Waals surface area contributed by atoms with E-state index in [2.05, 4.69) is 15.9 Å². The summed E-state index contributed by atoms with van der Waals surface area (Å²) < 4.78 is 13.4. The molecule has 0 radical (unpaired) electrons. The predicted molar refractivity (Wildman–Crippen MR) is 55.9 cm³/mol. The minimum Gasteiger partial charge on any atom is -0.481 e. The largest absolute Gasteiger partial charge is 0.481 e. The van der Waals surface area contributed by atoms with Crippen molar-refractivity contribution in [2.24, 2.45) is 0 Å². The Morgan fingerprint density at radius 2 is 2.20 bits per heavy atom. The van der Waals surface area contributed by atoms with Crippen molar-refractivity contribution in [3.63, 3.8) is 0 Å². The van der Waals surface area contributed by atoms with Gasteiger partial charge in [0.15, 0.2) is 0 Å². The van der Waals surface area contributed by atoms with E-state index in [1.165, 1.54) is 18.2 Å². The second-order valence-electron chi connectivity index (χ2n) is 3.11. The van der Waals surface area contributed by atoms with Crippen molar-refractivity contribution in [1.29, 1.82) is 0 Å². The Labute approximate surface area is 94.7 Å². The number of carboxylic acids is 1. The molecule has 1 aromatic rings. The molecule has 2 N–H and O–H groups in total. The van der Waals surface area contributed by atoms with E-state index in [-0.39, 0.29) is 12.8 Å². The molecule has 15 heavy (non-hydrogen) atoms. The molecule has 0 aliphatic rings. The summed E-state index contributed by atoms with van der Waals surface area (Å²) >= 11 is 3.16. The van der Waals surface area contributed by atoms with Gasteiger partial charge in [0, 0.05) is 10.9 Å². The van der Waals surface area contributed by atoms with E-state index >= 15 is 0 Å². The summed E-state index contributed by atoms with van der Waals surface area (Å²) in [4.78, 5) is 10.3. The minimum absolute atomic E-state index is 0.0669. The van der Waals surface area contributed by atoms with Crippen LogP contribution in [0.15, 0.2) is 22.7 Å². The Bertz CT molecular complexity index is 368. The first-order valence-corrected chi connectivity index (χ1v) is 5.15. The molecule has 0 saturated heterocycles. The number of rotatable bonds is 4. The topological polar surface area (TPSA) is 57.5 Å². The second kappa shape index (κ2) is 5.23. The first kappa shape index (κ1) is 12.1. The first-order valence-electron chi connectivity index (χ1n) is 4.35. The normalized spacial score (nSPS) is 12.5. The zero-order chi connectivity index (χ0) is 11.4. The quantitative estimate of drug-likeness (QED) is 0.888. The maximum absolute atomic E-state index is 12.9. The van der Waals surface area contributed by atoms with Crippen molar-refractivity contribution < 1.29 is 19.4 Å². The van der Waals surface area contributed by atoms with Crippen LogP contribution in [0, 0.1) is 5.82 Å². The number of halogens is 2. The monoisotopic (exact) mass is 276 g/mol. The third kappa shape index (κ3) is 3.60. The van der Waals surface area contributed by atoms with Crippen LogP contribution in [-0.2, 0) is 4.79 Å². The van der Waals surface area contributed by atoms with Crippen molar-refractivity contribution in [3.8, 4) is 0 Å². The van der Waals surface area contributed by atoms with E-state index < -0.39 is 17.9 Å². The average molecular weight is 277 g/mol. The molecule has 0 fully saturated rings. The Kier molecular flexibility index (Phi) is 4.23. The molecule has 0 saturated carbocycles. The van der Waals surface area contributed by atoms with Crippen LogP contribution in [0.25, 0.3) is 0 Å². The van der Waals surface area contributed by atoms with E-state index in [1.807, 2.05) is 0 Å². The lowest BCUT2D eigenvalue weighted by Crippen LogP contribution is -2.03. The third-order valence-electron chi connectivity index (χ3n) is 1.95. The van der Waals surface area contributed by atoms with Crippen LogP contribution in [-0.4, -0.2) is 16.2 Å². The highest BCUT2D eigenvalue weighted by Crippen LogP contribution is 2.27. The molecule has 1 atom stereocenters. The van der Waals surface area contributed by atoms with Crippen LogP contribution >= 0.6 is 15.9 Å². The zero-order valence-corrected chi connectivity index (χ0v) is 9.37. The Morgan fingerprint density at radius 1 is 1.53 bits per heavy atom. The van der Waals surface area contributed by atoms with Crippen LogP contribution in [0.4, 0.5) is 4.39 Å². The fourth-order valence-corrected chi connectivity index (χ4v) is 1.70. The molecule has 0 aliphatic carbocycles. The molecule has 0 bridgehead atoms. The van der Waals surface area contributed by atoms with Gasteiger partial charge in [-0.3, -0.25) is 4.79 Å². The number of hydrogen-bond acceptors (Lipinski definition) is 2. The molecule has 3 nitrogen and oxygen atoms in total. The molecule has 0 aromatic heterocycles. The van der Waals surface area contributed by atoms with Crippen molar-refractivity contribution >= 4 is 21.9 Å². The fraction of sp³-hybridized carbons (Fsp3) is 0.300. The second-order valence-corrected chi connectivity index (χ2v) is 3.97. The summed E-state index contributed by atoms with van der Waals surface area (Å²) in [6.45, 7) is 0. The number of carboxylic acid groups (broad SMARTS) is 1. The molecule has 1 rings (SSSR count). The van der Waals surface area contributed by atoms with Gasteiger partial charge in [-0.25, -0.2) is 4.39 Å². The van der Waals surface area contributed by atoms with E-state index in [4.69, 9.17) is 5.11 Å². The van der Waals surface area contributed by atoms with Crippen LogP contribution in [0.1, 0.15) is 24.5 Å². The molecule has 82 valence electrons. The number of aliphatic carboxylic acids is 1. The first-order chi connectivity index (χ1) is 7.00. The summed E-state index contributed by atoms with van der Waals surface area (Å²) in [7, 11) is 0. The molecule has 1 aromatic carbocycles. The van der Waals surface area contributed by atoms with E-state index in [9.17, 15) is 14.3 Å². The van der Waals surface area contributed by atoms with Gasteiger partial charge < -0.3 is 10.2 Å². The lowest BCUT2D eigenvalue weighted by Gasteiger charge is -2.11. The summed E-state index contributed by atoms with van der Waals surface area (Å²) in [5.41, 5.74) is 0.372. The van der Waals surface area contributed by atoms with Crippen LogP contribution < -0.4 is 0 Å². The van der Waals surface area contributed by atoms with Crippen LogP contribution in [0.5, 0.6) is 0 Å². The SMILES string of the molecule is O=C(O)CCC(O)c1cc(F)ccc1Br. The van der Waals surface area contributed by atoms with Crippen LogP contribution in [0.2, 0.25) is 0 Å². The fourth-order valence-electron chi connectivity index (χ4n) is 1.19. The highest BCUT2D eigenvalue weighted by molar-refractivity contribution is 9.10. The predicted octanol–water partition coefficient (Wildman–Crippen LogP) is 2.49. The van der Waals surface area contributed by atoms with Gasteiger partial charge in [0.1, 0.15) is 5.82 Å². The van der Waals surface area contributed by atoms with E-state index in [0.717, 1.165) is 0 Å². The molecule has 5 heteroatoms. The van der Waals surface area contributed by atoms with Gasteiger partial charge in [0.05, 0.1) is 6.10 Å².